The topological polar surface area (TPSA) is 17.8 Å². The normalized spacial score (nSPS) is 11.1. The third-order valence-electron chi connectivity index (χ3n) is 2.55. The fraction of sp³-hybridized carbons (Fsp3) is 0.0833. The summed E-state index contributed by atoms with van der Waals surface area (Å²) in [7, 11) is 0. The molecule has 0 amide bonds. The summed E-state index contributed by atoms with van der Waals surface area (Å²) >= 11 is 5.20. The highest BCUT2D eigenvalue weighted by atomic mass is 79.9. The van der Waals surface area contributed by atoms with Crippen LogP contribution >= 0.6 is 27.3 Å². The summed E-state index contributed by atoms with van der Waals surface area (Å²) in [6.45, 7) is 0.893. The highest BCUT2D eigenvalue weighted by Gasteiger charge is 2.03. The van der Waals surface area contributed by atoms with Gasteiger partial charge in [0, 0.05) is 27.3 Å². The number of nitrogens with zero attached hydrogens (tertiary/aromatic N) is 2. The zero-order valence-electron chi connectivity index (χ0n) is 8.43. The predicted octanol–water partition coefficient (Wildman–Crippen LogP) is 3.91. The maximum Gasteiger partial charge on any atom is 0.0794 e. The Morgan fingerprint density at radius 3 is 3.06 bits per heavy atom. The molecule has 0 spiro atoms. The molecule has 3 rings (SSSR count). The molecule has 0 aliphatic carbocycles. The Labute approximate surface area is 106 Å². The minimum Gasteiger partial charge on any atom is -0.342 e. The van der Waals surface area contributed by atoms with Gasteiger partial charge in [-0.1, -0.05) is 22.0 Å². The summed E-state index contributed by atoms with van der Waals surface area (Å²) in [6.07, 6.45) is 4.05. The van der Waals surface area contributed by atoms with Crippen LogP contribution in [-0.4, -0.2) is 9.55 Å². The van der Waals surface area contributed by atoms with Crippen molar-refractivity contribution in [1.29, 1.82) is 0 Å². The lowest BCUT2D eigenvalue weighted by molar-refractivity contribution is 0.849. The van der Waals surface area contributed by atoms with Crippen molar-refractivity contribution in [3.63, 3.8) is 0 Å². The highest BCUT2D eigenvalue weighted by molar-refractivity contribution is 9.10. The molecule has 3 aromatic rings. The quantitative estimate of drug-likeness (QED) is 0.700. The number of benzene rings is 1. The number of rotatable bonds is 2. The van der Waals surface area contributed by atoms with E-state index in [-0.39, 0.29) is 0 Å². The maximum atomic E-state index is 4.10. The first-order valence-corrected chi connectivity index (χ1v) is 6.62. The molecule has 0 atom stereocenters. The van der Waals surface area contributed by atoms with Gasteiger partial charge in [-0.3, -0.25) is 4.98 Å². The van der Waals surface area contributed by atoms with E-state index in [1.54, 1.807) is 11.3 Å². The van der Waals surface area contributed by atoms with Crippen LogP contribution in [0.15, 0.2) is 46.6 Å². The van der Waals surface area contributed by atoms with Crippen molar-refractivity contribution in [2.45, 2.75) is 6.54 Å². The first-order valence-electron chi connectivity index (χ1n) is 4.95. The molecule has 80 valence electrons. The molecule has 0 saturated carbocycles. The van der Waals surface area contributed by atoms with Crippen LogP contribution < -0.4 is 0 Å². The van der Waals surface area contributed by atoms with Crippen molar-refractivity contribution < 1.29 is 0 Å². The maximum absolute atomic E-state index is 4.10. The molecule has 0 N–H and O–H groups in total. The first kappa shape index (κ1) is 10.1. The minimum atomic E-state index is 0.893. The van der Waals surface area contributed by atoms with Crippen LogP contribution in [0.1, 0.15) is 4.88 Å². The molecule has 0 aliphatic heterocycles. The van der Waals surface area contributed by atoms with Gasteiger partial charge in [-0.25, -0.2) is 0 Å². The molecule has 0 unspecified atom stereocenters. The van der Waals surface area contributed by atoms with Crippen LogP contribution in [0.4, 0.5) is 0 Å². The smallest absolute Gasteiger partial charge is 0.0794 e. The molecule has 0 fully saturated rings. The van der Waals surface area contributed by atoms with Crippen molar-refractivity contribution >= 4 is 38.2 Å². The zero-order chi connectivity index (χ0) is 11.0. The third-order valence-corrected chi connectivity index (χ3v) is 3.80. The van der Waals surface area contributed by atoms with E-state index in [2.05, 4.69) is 55.9 Å². The second-order valence-corrected chi connectivity index (χ2v) is 5.50. The second kappa shape index (κ2) is 4.03. The second-order valence-electron chi connectivity index (χ2n) is 3.61. The SMILES string of the molecule is Brc1ccc2ccn(Cc3cncs3)c2c1. The van der Waals surface area contributed by atoms with Gasteiger partial charge in [-0.05, 0) is 23.6 Å². The largest absolute Gasteiger partial charge is 0.342 e. The molecule has 1 aromatic carbocycles. The monoisotopic (exact) mass is 292 g/mol. The Morgan fingerprint density at radius 1 is 1.31 bits per heavy atom. The number of halogens is 1. The van der Waals surface area contributed by atoms with Crippen LogP contribution in [0.3, 0.4) is 0 Å². The van der Waals surface area contributed by atoms with Gasteiger partial charge in [0.2, 0.25) is 0 Å². The van der Waals surface area contributed by atoms with Crippen molar-refractivity contribution in [2.24, 2.45) is 0 Å². The van der Waals surface area contributed by atoms with Gasteiger partial charge in [-0.15, -0.1) is 11.3 Å². The van der Waals surface area contributed by atoms with Gasteiger partial charge in [-0.2, -0.15) is 0 Å². The van der Waals surface area contributed by atoms with Crippen molar-refractivity contribution in [2.75, 3.05) is 0 Å². The van der Waals surface area contributed by atoms with Crippen molar-refractivity contribution in [1.82, 2.24) is 9.55 Å². The van der Waals surface area contributed by atoms with E-state index in [1.165, 1.54) is 15.8 Å². The molecular formula is C12H9BrN2S. The molecule has 0 radical (unpaired) electrons. The summed E-state index contributed by atoms with van der Waals surface area (Å²) in [6, 6.07) is 8.49. The standard InChI is InChI=1S/C12H9BrN2S/c13-10-2-1-9-3-4-15(12(9)5-10)7-11-6-14-8-16-11/h1-6,8H,7H2. The Bertz CT molecular complexity index is 613. The minimum absolute atomic E-state index is 0.893. The lowest BCUT2D eigenvalue weighted by atomic mass is 10.2. The molecule has 16 heavy (non-hydrogen) atoms. The summed E-state index contributed by atoms with van der Waals surface area (Å²) < 4.78 is 3.36. The first-order chi connectivity index (χ1) is 7.83. The van der Waals surface area contributed by atoms with Crippen LogP contribution in [0.5, 0.6) is 0 Å². The van der Waals surface area contributed by atoms with Crippen molar-refractivity contribution in [3.8, 4) is 0 Å². The average molecular weight is 293 g/mol. The van der Waals surface area contributed by atoms with Gasteiger partial charge in [0.25, 0.3) is 0 Å². The number of hydrogen-bond donors (Lipinski definition) is 0. The summed E-state index contributed by atoms with van der Waals surface area (Å²) in [5.74, 6) is 0. The Balaban J connectivity index is 2.07. The molecule has 2 aromatic heterocycles. The fourth-order valence-corrected chi connectivity index (χ4v) is 2.72. The number of fused-ring (bicyclic) bond motifs is 1. The average Bonchev–Trinajstić information content (AvgIpc) is 2.90. The zero-order valence-corrected chi connectivity index (χ0v) is 10.8. The molecule has 0 bridgehead atoms. The molecular weight excluding hydrogens is 284 g/mol. The van der Waals surface area contributed by atoms with Crippen molar-refractivity contribution in [3.05, 3.63) is 51.5 Å². The Morgan fingerprint density at radius 2 is 2.25 bits per heavy atom. The van der Waals surface area contributed by atoms with E-state index in [9.17, 15) is 0 Å². The van der Waals surface area contributed by atoms with Crippen LogP contribution in [0.2, 0.25) is 0 Å². The van der Waals surface area contributed by atoms with Gasteiger partial charge in [0.05, 0.1) is 12.1 Å². The van der Waals surface area contributed by atoms with E-state index in [0.29, 0.717) is 0 Å². The van der Waals surface area contributed by atoms with Gasteiger partial charge >= 0.3 is 0 Å². The van der Waals surface area contributed by atoms with Crippen LogP contribution in [0.25, 0.3) is 10.9 Å². The number of aromatic nitrogens is 2. The van der Waals surface area contributed by atoms with E-state index in [0.717, 1.165) is 11.0 Å². The Hall–Kier alpha value is -1.13. The Kier molecular flexibility index (Phi) is 2.53. The highest BCUT2D eigenvalue weighted by Crippen LogP contribution is 2.22. The molecule has 2 heterocycles. The lowest BCUT2D eigenvalue weighted by Crippen LogP contribution is -1.95. The fourth-order valence-electron chi connectivity index (χ4n) is 1.78. The number of thiazole rings is 1. The predicted molar refractivity (Wildman–Crippen MR) is 70.9 cm³/mol. The molecule has 2 nitrogen and oxygen atoms in total. The molecule has 0 aliphatic rings. The van der Waals surface area contributed by atoms with Crippen LogP contribution in [-0.2, 0) is 6.54 Å². The summed E-state index contributed by atoms with van der Waals surface area (Å²) in [4.78, 5) is 5.37. The number of hydrogen-bond acceptors (Lipinski definition) is 2. The lowest BCUT2D eigenvalue weighted by Gasteiger charge is -2.03. The molecule has 4 heteroatoms. The van der Waals surface area contributed by atoms with E-state index >= 15 is 0 Å². The summed E-state index contributed by atoms with van der Waals surface area (Å²) in [5, 5.41) is 1.27. The third kappa shape index (κ3) is 1.79. The van der Waals surface area contributed by atoms with Gasteiger partial charge in [0.1, 0.15) is 0 Å². The summed E-state index contributed by atoms with van der Waals surface area (Å²) in [5.41, 5.74) is 3.12. The van der Waals surface area contributed by atoms with Gasteiger partial charge < -0.3 is 4.57 Å². The van der Waals surface area contributed by atoms with E-state index in [4.69, 9.17) is 0 Å². The molecule has 0 saturated heterocycles. The van der Waals surface area contributed by atoms with Crippen LogP contribution in [0, 0.1) is 0 Å². The van der Waals surface area contributed by atoms with Gasteiger partial charge in [0.15, 0.2) is 0 Å². The van der Waals surface area contributed by atoms with E-state index in [1.807, 2.05) is 11.7 Å². The van der Waals surface area contributed by atoms with E-state index < -0.39 is 0 Å².